The standard InChI is InChI=1S/C37H44N2O2/c1-4-5-6-7-28-20-22-37(23-21-28,29-8-14-33(15-9-29)40-35-18-12-31(38)24-26(35)2)30-10-16-34(17-11-30)41-36-19-13-32(39)25-27(36)3/h8-19,24-25,28H,4-7,20-23,38-39H2,1-3H3. The van der Waals surface area contributed by atoms with Crippen LogP contribution in [0, 0.1) is 19.8 Å². The maximum Gasteiger partial charge on any atom is 0.130 e. The minimum absolute atomic E-state index is 0.0213. The molecule has 0 bridgehead atoms. The average molecular weight is 549 g/mol. The fourth-order valence-corrected chi connectivity index (χ4v) is 6.40. The molecule has 4 N–H and O–H groups in total. The van der Waals surface area contributed by atoms with Gasteiger partial charge in [0.15, 0.2) is 0 Å². The molecule has 41 heavy (non-hydrogen) atoms. The highest BCUT2D eigenvalue weighted by Gasteiger charge is 2.38. The number of aryl methyl sites for hydroxylation is 2. The smallest absolute Gasteiger partial charge is 0.130 e. The maximum absolute atomic E-state index is 6.23. The third-order valence-electron chi connectivity index (χ3n) is 8.84. The molecule has 0 heterocycles. The lowest BCUT2D eigenvalue weighted by molar-refractivity contribution is 0.250. The SMILES string of the molecule is CCCCCC1CCC(c2ccc(Oc3ccc(N)cc3C)cc2)(c2ccc(Oc3ccc(N)cc3C)cc2)CC1. The third-order valence-corrected chi connectivity index (χ3v) is 8.84. The minimum atomic E-state index is -0.0213. The van der Waals surface area contributed by atoms with E-state index in [0.717, 1.165) is 64.3 Å². The second kappa shape index (κ2) is 12.7. The molecule has 214 valence electrons. The zero-order valence-electron chi connectivity index (χ0n) is 24.8. The molecule has 4 heteroatoms. The van der Waals surface area contributed by atoms with Crippen LogP contribution in [0.25, 0.3) is 0 Å². The highest BCUT2D eigenvalue weighted by atomic mass is 16.5. The van der Waals surface area contributed by atoms with Gasteiger partial charge in [-0.25, -0.2) is 0 Å². The van der Waals surface area contributed by atoms with E-state index < -0.39 is 0 Å². The number of nitrogen functional groups attached to an aromatic ring is 2. The van der Waals surface area contributed by atoms with Crippen LogP contribution < -0.4 is 20.9 Å². The summed E-state index contributed by atoms with van der Waals surface area (Å²) in [5.41, 5.74) is 18.1. The molecule has 1 saturated carbocycles. The highest BCUT2D eigenvalue weighted by molar-refractivity contribution is 5.51. The van der Waals surface area contributed by atoms with E-state index in [4.69, 9.17) is 20.9 Å². The number of unbranched alkanes of at least 4 members (excludes halogenated alkanes) is 2. The first-order valence-corrected chi connectivity index (χ1v) is 15.2. The lowest BCUT2D eigenvalue weighted by Gasteiger charge is -2.41. The van der Waals surface area contributed by atoms with Gasteiger partial charge >= 0.3 is 0 Å². The van der Waals surface area contributed by atoms with Crippen LogP contribution in [-0.2, 0) is 5.41 Å². The van der Waals surface area contributed by atoms with Gasteiger partial charge in [0, 0.05) is 16.8 Å². The molecule has 0 atom stereocenters. The minimum Gasteiger partial charge on any atom is -0.457 e. The Hall–Kier alpha value is -3.92. The van der Waals surface area contributed by atoms with Crippen molar-refractivity contribution < 1.29 is 9.47 Å². The summed E-state index contributed by atoms with van der Waals surface area (Å²) in [5.74, 6) is 4.17. The Morgan fingerprint density at radius 3 is 1.54 bits per heavy atom. The van der Waals surface area contributed by atoms with Crippen LogP contribution in [0.5, 0.6) is 23.0 Å². The molecular formula is C37H44N2O2. The first-order chi connectivity index (χ1) is 19.9. The van der Waals surface area contributed by atoms with Gasteiger partial charge in [-0.1, -0.05) is 56.9 Å². The van der Waals surface area contributed by atoms with Crippen molar-refractivity contribution >= 4 is 11.4 Å². The summed E-state index contributed by atoms with van der Waals surface area (Å²) in [6.07, 6.45) is 10.1. The van der Waals surface area contributed by atoms with Gasteiger partial charge in [-0.05, 0) is 128 Å². The zero-order chi connectivity index (χ0) is 28.8. The van der Waals surface area contributed by atoms with Crippen LogP contribution in [0.2, 0.25) is 0 Å². The zero-order valence-corrected chi connectivity index (χ0v) is 24.8. The van der Waals surface area contributed by atoms with Crippen LogP contribution in [0.3, 0.4) is 0 Å². The summed E-state index contributed by atoms with van der Waals surface area (Å²) in [5, 5.41) is 0. The van der Waals surface area contributed by atoms with Crippen LogP contribution >= 0.6 is 0 Å². The second-order valence-corrected chi connectivity index (χ2v) is 11.8. The number of nitrogens with two attached hydrogens (primary N) is 2. The van der Waals surface area contributed by atoms with Crippen molar-refractivity contribution in [2.45, 2.75) is 77.6 Å². The molecule has 4 aromatic rings. The lowest BCUT2D eigenvalue weighted by atomic mass is 9.62. The molecule has 0 radical (unpaired) electrons. The van der Waals surface area contributed by atoms with Crippen molar-refractivity contribution in [3.05, 3.63) is 107 Å². The van der Waals surface area contributed by atoms with Gasteiger partial charge in [0.2, 0.25) is 0 Å². The molecule has 1 aliphatic rings. The first kappa shape index (κ1) is 28.6. The lowest BCUT2D eigenvalue weighted by Crippen LogP contribution is -2.33. The van der Waals surface area contributed by atoms with Gasteiger partial charge in [0.1, 0.15) is 23.0 Å². The second-order valence-electron chi connectivity index (χ2n) is 11.8. The van der Waals surface area contributed by atoms with Gasteiger partial charge in [-0.2, -0.15) is 0 Å². The Morgan fingerprint density at radius 2 is 1.12 bits per heavy atom. The molecule has 4 nitrogen and oxygen atoms in total. The van der Waals surface area contributed by atoms with Crippen molar-refractivity contribution in [1.82, 2.24) is 0 Å². The summed E-state index contributed by atoms with van der Waals surface area (Å²) in [4.78, 5) is 0. The molecule has 1 aliphatic carbocycles. The summed E-state index contributed by atoms with van der Waals surface area (Å²) < 4.78 is 12.5. The molecular weight excluding hydrogens is 504 g/mol. The summed E-state index contributed by atoms with van der Waals surface area (Å²) in [7, 11) is 0. The Morgan fingerprint density at radius 1 is 0.659 bits per heavy atom. The Bertz CT molecular complexity index is 1340. The summed E-state index contributed by atoms with van der Waals surface area (Å²) in [6, 6.07) is 29.0. The molecule has 0 aliphatic heterocycles. The number of ether oxygens (including phenoxy) is 2. The van der Waals surface area contributed by atoms with Crippen LogP contribution in [-0.4, -0.2) is 0 Å². The highest BCUT2D eigenvalue weighted by Crippen LogP contribution is 2.48. The Balaban J connectivity index is 1.39. The molecule has 0 aromatic heterocycles. The fourth-order valence-electron chi connectivity index (χ4n) is 6.40. The average Bonchev–Trinajstić information content (AvgIpc) is 2.97. The molecule has 0 saturated heterocycles. The van der Waals surface area contributed by atoms with E-state index in [1.54, 1.807) is 0 Å². The summed E-state index contributed by atoms with van der Waals surface area (Å²) in [6.45, 7) is 6.33. The van der Waals surface area contributed by atoms with E-state index in [0.29, 0.717) is 0 Å². The molecule has 1 fully saturated rings. The van der Waals surface area contributed by atoms with E-state index in [1.807, 2.05) is 50.2 Å². The van der Waals surface area contributed by atoms with Gasteiger partial charge < -0.3 is 20.9 Å². The molecule has 0 spiro atoms. The number of hydrogen-bond donors (Lipinski definition) is 2. The van der Waals surface area contributed by atoms with Gasteiger partial charge in [-0.3, -0.25) is 0 Å². The Labute approximate surface area is 245 Å². The Kier molecular flexibility index (Phi) is 8.87. The van der Waals surface area contributed by atoms with Gasteiger partial charge in [0.25, 0.3) is 0 Å². The van der Waals surface area contributed by atoms with Crippen LogP contribution in [0.15, 0.2) is 84.9 Å². The predicted octanol–water partition coefficient (Wildman–Crippen LogP) is 10.1. The van der Waals surface area contributed by atoms with Crippen LogP contribution in [0.1, 0.15) is 80.5 Å². The van der Waals surface area contributed by atoms with Gasteiger partial charge in [0.05, 0.1) is 0 Å². The normalized spacial score (nSPS) is 15.0. The summed E-state index contributed by atoms with van der Waals surface area (Å²) >= 11 is 0. The largest absolute Gasteiger partial charge is 0.457 e. The predicted molar refractivity (Wildman–Crippen MR) is 171 cm³/mol. The van der Waals surface area contributed by atoms with Crippen molar-refractivity contribution in [2.24, 2.45) is 5.92 Å². The first-order valence-electron chi connectivity index (χ1n) is 15.2. The van der Waals surface area contributed by atoms with Crippen molar-refractivity contribution in [3.8, 4) is 23.0 Å². The van der Waals surface area contributed by atoms with E-state index in [-0.39, 0.29) is 5.41 Å². The van der Waals surface area contributed by atoms with Gasteiger partial charge in [-0.15, -0.1) is 0 Å². The molecule has 4 aromatic carbocycles. The molecule has 0 unspecified atom stereocenters. The third kappa shape index (κ3) is 6.70. The monoisotopic (exact) mass is 548 g/mol. The van der Waals surface area contributed by atoms with E-state index in [1.165, 1.54) is 49.7 Å². The van der Waals surface area contributed by atoms with Crippen molar-refractivity contribution in [1.29, 1.82) is 0 Å². The van der Waals surface area contributed by atoms with Crippen molar-refractivity contribution in [2.75, 3.05) is 11.5 Å². The fraction of sp³-hybridized carbons (Fsp3) is 0.351. The number of rotatable bonds is 10. The van der Waals surface area contributed by atoms with E-state index in [2.05, 4.69) is 55.5 Å². The van der Waals surface area contributed by atoms with E-state index in [9.17, 15) is 0 Å². The number of hydrogen-bond acceptors (Lipinski definition) is 4. The molecule has 5 rings (SSSR count). The topological polar surface area (TPSA) is 70.5 Å². The van der Waals surface area contributed by atoms with Crippen molar-refractivity contribution in [3.63, 3.8) is 0 Å². The maximum atomic E-state index is 6.23. The molecule has 0 amide bonds. The quantitative estimate of drug-likeness (QED) is 0.153. The van der Waals surface area contributed by atoms with Crippen LogP contribution in [0.4, 0.5) is 11.4 Å². The number of anilines is 2. The number of benzene rings is 4. The van der Waals surface area contributed by atoms with E-state index >= 15 is 0 Å².